The molecule has 47 heavy (non-hydrogen) atoms. The normalized spacial score (nSPS) is 14.1. The lowest BCUT2D eigenvalue weighted by molar-refractivity contribution is -0.134. The first kappa shape index (κ1) is 35.4. The molecule has 0 spiro atoms. The first-order valence-electron chi connectivity index (χ1n) is 15.1. The number of hydrogen-bond donors (Lipinski definition) is 5. The van der Waals surface area contributed by atoms with E-state index in [9.17, 15) is 19.5 Å². The van der Waals surface area contributed by atoms with Gasteiger partial charge in [-0.2, -0.15) is 5.10 Å². The lowest BCUT2D eigenvalue weighted by Crippen LogP contribution is -2.46. The number of carboxylic acid groups (broad SMARTS) is 1. The number of halogens is 2. The first-order chi connectivity index (χ1) is 22.2. The number of rotatable bonds is 12. The van der Waals surface area contributed by atoms with Crippen molar-refractivity contribution < 1.29 is 29.3 Å². The lowest BCUT2D eigenvalue weighted by Gasteiger charge is -2.32. The van der Waals surface area contributed by atoms with E-state index in [4.69, 9.17) is 44.5 Å². The fourth-order valence-electron chi connectivity index (χ4n) is 5.51. The maximum Gasteiger partial charge on any atom is 0.339 e. The Morgan fingerprint density at radius 1 is 1.11 bits per heavy atom. The summed E-state index contributed by atoms with van der Waals surface area (Å²) in [6.45, 7) is 4.87. The topological polar surface area (TPSA) is 198 Å². The molecule has 2 aromatic carbocycles. The number of hydrogen-bond acceptors (Lipinski definition) is 7. The van der Waals surface area contributed by atoms with Crippen LogP contribution in [0.15, 0.2) is 41.4 Å². The highest BCUT2D eigenvalue weighted by atomic mass is 35.5. The molecule has 2 heterocycles. The quantitative estimate of drug-likeness (QED) is 0.138. The van der Waals surface area contributed by atoms with Crippen molar-refractivity contribution >= 4 is 46.9 Å². The molecular weight excluding hydrogens is 649 g/mol. The predicted molar refractivity (Wildman–Crippen MR) is 179 cm³/mol. The second-order valence-electron chi connectivity index (χ2n) is 11.8. The number of piperidine rings is 1. The zero-order valence-electron chi connectivity index (χ0n) is 26.4. The number of guanidine groups is 1. The van der Waals surface area contributed by atoms with Gasteiger partial charge in [0.15, 0.2) is 5.96 Å². The van der Waals surface area contributed by atoms with E-state index in [0.717, 1.165) is 5.69 Å². The number of nitrogens with two attached hydrogens (primary N) is 2. The number of phenols is 1. The third-order valence-electron chi connectivity index (χ3n) is 7.91. The standard InChI is InChI=1S/C32H39Cl2N7O6/c1-17(2)12-23(38-32(35)36)30(44)37-15-27(43)41-10-8-19(9-11-41)24-14-22(39-40(24)3)20-6-7-26(29(34)28(20)33)47-16-18-4-5-21(31(45)46)25(42)13-18/h4-7,13-14,17,19,23,42H,8-12,15-16H2,1-3H3,(H,37,44)(H,45,46)(H4,35,36,38)/t23-/m1/s1. The second kappa shape index (κ2) is 15.4. The smallest absolute Gasteiger partial charge is 0.339 e. The van der Waals surface area contributed by atoms with Crippen LogP contribution in [0, 0.1) is 5.92 Å². The number of aromatic nitrogens is 2. The van der Waals surface area contributed by atoms with Crippen molar-refractivity contribution in [3.8, 4) is 22.8 Å². The minimum Gasteiger partial charge on any atom is -0.507 e. The number of aryl methyl sites for hydroxylation is 1. The molecule has 1 saturated heterocycles. The minimum atomic E-state index is -1.23. The highest BCUT2D eigenvalue weighted by molar-refractivity contribution is 6.44. The molecule has 1 aromatic heterocycles. The maximum absolute atomic E-state index is 12.9. The predicted octanol–water partition coefficient (Wildman–Crippen LogP) is 3.89. The number of carbonyl (C=O) groups is 3. The monoisotopic (exact) mass is 687 g/mol. The number of carboxylic acids is 1. The van der Waals surface area contributed by atoms with Gasteiger partial charge >= 0.3 is 5.97 Å². The number of carbonyl (C=O) groups excluding carboxylic acids is 2. The zero-order valence-corrected chi connectivity index (χ0v) is 27.9. The van der Waals surface area contributed by atoms with Crippen LogP contribution in [0.25, 0.3) is 11.3 Å². The van der Waals surface area contributed by atoms with Gasteiger partial charge in [-0.3, -0.25) is 14.3 Å². The summed E-state index contributed by atoms with van der Waals surface area (Å²) in [4.78, 5) is 42.4. The van der Waals surface area contributed by atoms with E-state index in [-0.39, 0.29) is 64.1 Å². The highest BCUT2D eigenvalue weighted by Crippen LogP contribution is 2.40. The minimum absolute atomic E-state index is 0.0285. The van der Waals surface area contributed by atoms with Crippen LogP contribution in [0.5, 0.6) is 11.5 Å². The Kier molecular flexibility index (Phi) is 11.6. The average Bonchev–Trinajstić information content (AvgIpc) is 3.40. The van der Waals surface area contributed by atoms with Crippen LogP contribution in [0.3, 0.4) is 0 Å². The molecule has 0 saturated carbocycles. The number of nitrogens with one attached hydrogen (secondary N) is 1. The molecule has 0 unspecified atom stereocenters. The molecule has 1 fully saturated rings. The third kappa shape index (κ3) is 8.86. The molecule has 4 rings (SSSR count). The number of ether oxygens (including phenoxy) is 1. The Labute approximate surface area is 282 Å². The fourth-order valence-corrected chi connectivity index (χ4v) is 5.98. The highest BCUT2D eigenvalue weighted by Gasteiger charge is 2.28. The molecule has 2 amide bonds. The van der Waals surface area contributed by atoms with Gasteiger partial charge in [0.25, 0.3) is 0 Å². The third-order valence-corrected chi connectivity index (χ3v) is 8.77. The van der Waals surface area contributed by atoms with Crippen molar-refractivity contribution in [2.75, 3.05) is 19.6 Å². The Morgan fingerprint density at radius 2 is 1.81 bits per heavy atom. The lowest BCUT2D eigenvalue weighted by atomic mass is 9.92. The summed E-state index contributed by atoms with van der Waals surface area (Å²) in [6, 6.07) is 8.82. The van der Waals surface area contributed by atoms with Crippen LogP contribution in [-0.2, 0) is 23.2 Å². The molecule has 7 N–H and O–H groups in total. The van der Waals surface area contributed by atoms with Gasteiger partial charge in [0.05, 0.1) is 17.3 Å². The number of aromatic carboxylic acids is 1. The van der Waals surface area contributed by atoms with Gasteiger partial charge in [0.2, 0.25) is 11.8 Å². The van der Waals surface area contributed by atoms with Crippen molar-refractivity contribution in [1.82, 2.24) is 20.0 Å². The van der Waals surface area contributed by atoms with Gasteiger partial charge in [-0.15, -0.1) is 0 Å². The second-order valence-corrected chi connectivity index (χ2v) is 12.6. The summed E-state index contributed by atoms with van der Waals surface area (Å²) in [5.74, 6) is -1.66. The number of benzene rings is 2. The van der Waals surface area contributed by atoms with Crippen LogP contribution < -0.4 is 21.5 Å². The average molecular weight is 689 g/mol. The van der Waals surface area contributed by atoms with Crippen molar-refractivity contribution in [2.45, 2.75) is 51.7 Å². The number of nitrogens with zero attached hydrogens (tertiary/aromatic N) is 4. The molecule has 15 heteroatoms. The zero-order chi connectivity index (χ0) is 34.4. The summed E-state index contributed by atoms with van der Waals surface area (Å²) >= 11 is 13.2. The van der Waals surface area contributed by atoms with Gasteiger partial charge in [0.1, 0.15) is 34.7 Å². The molecule has 1 aliphatic rings. The van der Waals surface area contributed by atoms with E-state index in [1.54, 1.807) is 27.8 Å². The van der Waals surface area contributed by atoms with Crippen molar-refractivity contribution in [2.24, 2.45) is 29.4 Å². The van der Waals surface area contributed by atoms with Gasteiger partial charge < -0.3 is 36.6 Å². The Hall–Kier alpha value is -4.49. The van der Waals surface area contributed by atoms with E-state index >= 15 is 0 Å². The number of aliphatic imine (C=N–C) groups is 1. The van der Waals surface area contributed by atoms with E-state index in [2.05, 4.69) is 15.4 Å². The summed E-state index contributed by atoms with van der Waals surface area (Å²) in [5.41, 5.74) is 13.5. The van der Waals surface area contributed by atoms with Gasteiger partial charge in [-0.25, -0.2) is 9.79 Å². The van der Waals surface area contributed by atoms with Crippen LogP contribution >= 0.6 is 23.2 Å². The van der Waals surface area contributed by atoms with E-state index < -0.39 is 12.0 Å². The van der Waals surface area contributed by atoms with Crippen LogP contribution in [0.4, 0.5) is 0 Å². The molecule has 0 bridgehead atoms. The summed E-state index contributed by atoms with van der Waals surface area (Å²) in [7, 11) is 1.86. The fraction of sp³-hybridized carbons (Fsp3) is 0.406. The molecule has 13 nitrogen and oxygen atoms in total. The van der Waals surface area contributed by atoms with Crippen molar-refractivity contribution in [3.63, 3.8) is 0 Å². The number of amides is 2. The van der Waals surface area contributed by atoms with E-state index in [0.29, 0.717) is 54.9 Å². The molecule has 1 aliphatic heterocycles. The molecule has 252 valence electrons. The summed E-state index contributed by atoms with van der Waals surface area (Å²) < 4.78 is 7.61. The Morgan fingerprint density at radius 3 is 2.43 bits per heavy atom. The van der Waals surface area contributed by atoms with E-state index in [1.807, 2.05) is 27.0 Å². The molecular formula is C32H39Cl2N7O6. The Bertz CT molecular complexity index is 1660. The van der Waals surface area contributed by atoms with Crippen LogP contribution in [0.2, 0.25) is 10.0 Å². The van der Waals surface area contributed by atoms with Gasteiger partial charge in [-0.1, -0.05) is 43.1 Å². The maximum atomic E-state index is 12.9. The molecule has 0 aliphatic carbocycles. The summed E-state index contributed by atoms with van der Waals surface area (Å²) in [5, 5.41) is 26.8. The first-order valence-corrected chi connectivity index (χ1v) is 15.8. The van der Waals surface area contributed by atoms with Crippen LogP contribution in [-0.4, -0.2) is 74.3 Å². The SMILES string of the molecule is CC(C)C[C@@H](N=C(N)N)C(=O)NCC(=O)N1CCC(c2cc(-c3ccc(OCc4ccc(C(=O)O)c(O)c4)c(Cl)c3Cl)nn2C)CC1. The number of likely N-dealkylation sites (tertiary alicyclic amines) is 1. The largest absolute Gasteiger partial charge is 0.507 e. The molecule has 1 atom stereocenters. The Balaban J connectivity index is 1.35. The van der Waals surface area contributed by atoms with Crippen molar-refractivity contribution in [3.05, 3.63) is 63.3 Å². The summed E-state index contributed by atoms with van der Waals surface area (Å²) in [6.07, 6.45) is 1.89. The van der Waals surface area contributed by atoms with Gasteiger partial charge in [-0.05, 0) is 61.1 Å². The molecule has 3 aromatic rings. The van der Waals surface area contributed by atoms with Gasteiger partial charge in [0, 0.05) is 37.3 Å². The van der Waals surface area contributed by atoms with Crippen molar-refractivity contribution in [1.29, 1.82) is 0 Å². The van der Waals surface area contributed by atoms with Crippen LogP contribution in [0.1, 0.15) is 60.6 Å². The van der Waals surface area contributed by atoms with E-state index in [1.165, 1.54) is 12.1 Å². The number of aromatic hydroxyl groups is 1. The molecule has 0 radical (unpaired) electrons.